The number of amides is 1. The molecule has 2 aromatic rings. The smallest absolute Gasteiger partial charge is 0.337 e. The van der Waals surface area contributed by atoms with Crippen LogP contribution in [0.15, 0.2) is 36.7 Å². The van der Waals surface area contributed by atoms with Gasteiger partial charge < -0.3 is 15.2 Å². The fourth-order valence-electron chi connectivity index (χ4n) is 1.72. The summed E-state index contributed by atoms with van der Waals surface area (Å²) in [5.74, 6) is -1.25. The first-order chi connectivity index (χ1) is 10.0. The van der Waals surface area contributed by atoms with E-state index >= 15 is 0 Å². The van der Waals surface area contributed by atoms with Gasteiger partial charge in [-0.2, -0.15) is 0 Å². The fraction of sp³-hybridized carbons (Fsp3) is 0.0714. The van der Waals surface area contributed by atoms with Crippen LogP contribution in [-0.4, -0.2) is 29.1 Å². The van der Waals surface area contributed by atoms with Gasteiger partial charge in [-0.3, -0.25) is 9.78 Å². The molecule has 0 radical (unpaired) electrons. The van der Waals surface area contributed by atoms with Crippen LogP contribution < -0.4 is 10.1 Å². The maximum atomic E-state index is 12.2. The van der Waals surface area contributed by atoms with Crippen LogP contribution in [0, 0.1) is 3.57 Å². The lowest BCUT2D eigenvalue weighted by Gasteiger charge is -2.11. The molecule has 0 aliphatic carbocycles. The van der Waals surface area contributed by atoms with E-state index in [2.05, 4.69) is 10.3 Å². The minimum Gasteiger partial charge on any atom is -0.494 e. The summed E-state index contributed by atoms with van der Waals surface area (Å²) in [6.45, 7) is 0. The third-order valence-corrected chi connectivity index (χ3v) is 3.38. The minimum atomic E-state index is -1.11. The maximum Gasteiger partial charge on any atom is 0.337 e. The van der Waals surface area contributed by atoms with Gasteiger partial charge >= 0.3 is 5.97 Å². The summed E-state index contributed by atoms with van der Waals surface area (Å²) in [6.07, 6.45) is 2.88. The van der Waals surface area contributed by atoms with Gasteiger partial charge in [-0.1, -0.05) is 0 Å². The molecule has 0 atom stereocenters. The molecule has 0 unspecified atom stereocenters. The van der Waals surface area contributed by atoms with E-state index in [1.54, 1.807) is 12.1 Å². The van der Waals surface area contributed by atoms with Crippen molar-refractivity contribution in [2.24, 2.45) is 0 Å². The summed E-state index contributed by atoms with van der Waals surface area (Å²) < 4.78 is 5.83. The van der Waals surface area contributed by atoms with E-state index in [1.165, 1.54) is 31.6 Å². The number of aromatic carboxylic acids is 1. The Balaban J connectivity index is 2.34. The number of pyridine rings is 1. The number of aromatic nitrogens is 1. The molecule has 1 amide bonds. The highest BCUT2D eigenvalue weighted by Crippen LogP contribution is 2.22. The third-order valence-electron chi connectivity index (χ3n) is 2.71. The zero-order chi connectivity index (χ0) is 15.4. The SMILES string of the molecule is COc1cnccc1C(=O)Nc1ccc(I)cc1C(=O)O. The van der Waals surface area contributed by atoms with Crippen molar-refractivity contribution in [1.82, 2.24) is 4.98 Å². The zero-order valence-corrected chi connectivity index (χ0v) is 13.1. The Bertz CT molecular complexity index is 703. The number of carboxylic acids is 1. The van der Waals surface area contributed by atoms with Crippen LogP contribution in [0.4, 0.5) is 5.69 Å². The van der Waals surface area contributed by atoms with E-state index in [-0.39, 0.29) is 16.8 Å². The van der Waals surface area contributed by atoms with Crippen molar-refractivity contribution in [1.29, 1.82) is 0 Å². The minimum absolute atomic E-state index is 0.0308. The second-order valence-electron chi connectivity index (χ2n) is 4.03. The molecule has 0 aliphatic rings. The number of anilines is 1. The van der Waals surface area contributed by atoms with Crippen molar-refractivity contribution in [2.45, 2.75) is 0 Å². The highest BCUT2D eigenvalue weighted by molar-refractivity contribution is 14.1. The molecule has 0 saturated heterocycles. The number of hydrogen-bond donors (Lipinski definition) is 2. The van der Waals surface area contributed by atoms with Crippen LogP contribution in [-0.2, 0) is 0 Å². The Morgan fingerprint density at radius 2 is 2.05 bits per heavy atom. The van der Waals surface area contributed by atoms with Gasteiger partial charge in [0.15, 0.2) is 0 Å². The number of carbonyl (C=O) groups excluding carboxylic acids is 1. The third kappa shape index (κ3) is 3.48. The largest absolute Gasteiger partial charge is 0.494 e. The molecule has 1 aromatic heterocycles. The van der Waals surface area contributed by atoms with E-state index in [0.717, 1.165) is 3.57 Å². The van der Waals surface area contributed by atoms with E-state index in [9.17, 15) is 14.7 Å². The number of rotatable bonds is 4. The Morgan fingerprint density at radius 1 is 1.29 bits per heavy atom. The maximum absolute atomic E-state index is 12.2. The van der Waals surface area contributed by atoms with Crippen LogP contribution in [0.2, 0.25) is 0 Å². The molecule has 7 heteroatoms. The first-order valence-electron chi connectivity index (χ1n) is 5.85. The second kappa shape index (κ2) is 6.53. The fourth-order valence-corrected chi connectivity index (χ4v) is 2.21. The van der Waals surface area contributed by atoms with Crippen molar-refractivity contribution < 1.29 is 19.4 Å². The van der Waals surface area contributed by atoms with E-state index in [1.807, 2.05) is 22.6 Å². The number of hydrogen-bond acceptors (Lipinski definition) is 4. The van der Waals surface area contributed by atoms with Crippen molar-refractivity contribution >= 4 is 40.2 Å². The number of nitrogens with one attached hydrogen (secondary N) is 1. The van der Waals surface area contributed by atoms with Gasteiger partial charge in [0.05, 0.1) is 30.1 Å². The van der Waals surface area contributed by atoms with E-state index < -0.39 is 11.9 Å². The molecule has 0 aliphatic heterocycles. The number of nitrogens with zero attached hydrogens (tertiary/aromatic N) is 1. The molecular weight excluding hydrogens is 387 g/mol. The number of benzene rings is 1. The average Bonchev–Trinajstić information content (AvgIpc) is 2.48. The molecule has 0 spiro atoms. The van der Waals surface area contributed by atoms with Gasteiger partial charge in [-0.15, -0.1) is 0 Å². The van der Waals surface area contributed by atoms with Crippen LogP contribution in [0.5, 0.6) is 5.75 Å². The number of carbonyl (C=O) groups is 2. The van der Waals surface area contributed by atoms with Gasteiger partial charge in [0, 0.05) is 9.77 Å². The molecule has 2 rings (SSSR count). The lowest BCUT2D eigenvalue weighted by atomic mass is 10.1. The number of methoxy groups -OCH3 is 1. The molecule has 0 bridgehead atoms. The molecule has 1 heterocycles. The van der Waals surface area contributed by atoms with Crippen LogP contribution in [0.1, 0.15) is 20.7 Å². The lowest BCUT2D eigenvalue weighted by Crippen LogP contribution is -2.16. The molecule has 1 aromatic carbocycles. The quantitative estimate of drug-likeness (QED) is 0.774. The number of carboxylic acid groups (broad SMARTS) is 1. The van der Waals surface area contributed by atoms with Crippen LogP contribution in [0.25, 0.3) is 0 Å². The lowest BCUT2D eigenvalue weighted by molar-refractivity contribution is 0.0698. The predicted molar refractivity (Wildman–Crippen MR) is 84.9 cm³/mol. The van der Waals surface area contributed by atoms with Crippen molar-refractivity contribution in [3.8, 4) is 5.75 Å². The first-order valence-corrected chi connectivity index (χ1v) is 6.93. The van der Waals surface area contributed by atoms with Crippen molar-refractivity contribution in [2.75, 3.05) is 12.4 Å². The van der Waals surface area contributed by atoms with Crippen LogP contribution in [0.3, 0.4) is 0 Å². The Morgan fingerprint density at radius 3 is 2.71 bits per heavy atom. The summed E-state index contributed by atoms with van der Waals surface area (Å²) >= 11 is 2.01. The average molecular weight is 398 g/mol. The number of ether oxygens (including phenoxy) is 1. The summed E-state index contributed by atoms with van der Waals surface area (Å²) in [6, 6.07) is 6.26. The first kappa shape index (κ1) is 15.2. The molecule has 108 valence electrons. The van der Waals surface area contributed by atoms with Gasteiger partial charge in [0.1, 0.15) is 5.75 Å². The highest BCUT2D eigenvalue weighted by atomic mass is 127. The van der Waals surface area contributed by atoms with Gasteiger partial charge in [-0.05, 0) is 46.9 Å². The molecule has 6 nitrogen and oxygen atoms in total. The van der Waals surface area contributed by atoms with E-state index in [0.29, 0.717) is 5.75 Å². The topological polar surface area (TPSA) is 88.5 Å². The zero-order valence-electron chi connectivity index (χ0n) is 11.0. The normalized spacial score (nSPS) is 10.0. The molecule has 2 N–H and O–H groups in total. The Labute approximate surface area is 134 Å². The predicted octanol–water partition coefficient (Wildman–Crippen LogP) is 2.65. The molecule has 0 fully saturated rings. The summed E-state index contributed by atoms with van der Waals surface area (Å²) in [5, 5.41) is 11.8. The summed E-state index contributed by atoms with van der Waals surface area (Å²) in [5.41, 5.74) is 0.539. The highest BCUT2D eigenvalue weighted by Gasteiger charge is 2.16. The molecule has 0 saturated carbocycles. The Hall–Kier alpha value is -2.16. The van der Waals surface area contributed by atoms with Crippen molar-refractivity contribution in [3.05, 3.63) is 51.4 Å². The second-order valence-corrected chi connectivity index (χ2v) is 5.27. The standard InChI is InChI=1S/C14H11IN2O4/c1-21-12-7-16-5-4-9(12)13(18)17-11-3-2-8(15)6-10(11)14(19)20/h2-7H,1H3,(H,17,18)(H,19,20). The Kier molecular flexibility index (Phi) is 4.73. The van der Waals surface area contributed by atoms with Gasteiger partial charge in [0.25, 0.3) is 5.91 Å². The van der Waals surface area contributed by atoms with Gasteiger partial charge in [-0.25, -0.2) is 4.79 Å². The van der Waals surface area contributed by atoms with Crippen molar-refractivity contribution in [3.63, 3.8) is 0 Å². The summed E-state index contributed by atoms with van der Waals surface area (Å²) in [7, 11) is 1.43. The molecular formula is C14H11IN2O4. The summed E-state index contributed by atoms with van der Waals surface area (Å²) in [4.78, 5) is 27.3. The monoisotopic (exact) mass is 398 g/mol. The number of halogens is 1. The van der Waals surface area contributed by atoms with Crippen LogP contribution >= 0.6 is 22.6 Å². The van der Waals surface area contributed by atoms with Gasteiger partial charge in [0.2, 0.25) is 0 Å². The molecule has 21 heavy (non-hydrogen) atoms. The van der Waals surface area contributed by atoms with E-state index in [4.69, 9.17) is 4.74 Å².